The van der Waals surface area contributed by atoms with E-state index < -0.39 is 0 Å². The predicted octanol–water partition coefficient (Wildman–Crippen LogP) is 2.94. The molecule has 128 valence electrons. The van der Waals surface area contributed by atoms with Crippen LogP contribution in [0.3, 0.4) is 0 Å². The smallest absolute Gasteiger partial charge is 0.209 e. The fourth-order valence-corrected chi connectivity index (χ4v) is 4.20. The molecule has 1 aliphatic rings. The van der Waals surface area contributed by atoms with Crippen molar-refractivity contribution in [2.24, 2.45) is 0 Å². The molecular formula is C19H20N4OS. The van der Waals surface area contributed by atoms with Gasteiger partial charge < -0.3 is 4.90 Å². The summed E-state index contributed by atoms with van der Waals surface area (Å²) >= 11 is 1.75. The Morgan fingerprint density at radius 1 is 1.16 bits per heavy atom. The number of thiophene rings is 1. The van der Waals surface area contributed by atoms with E-state index in [1.54, 1.807) is 11.3 Å². The van der Waals surface area contributed by atoms with E-state index in [0.29, 0.717) is 0 Å². The quantitative estimate of drug-likeness (QED) is 0.678. The zero-order valence-corrected chi connectivity index (χ0v) is 15.0. The Balaban J connectivity index is 1.48. The molecule has 1 fully saturated rings. The fraction of sp³-hybridized carbons (Fsp3) is 0.316. The van der Waals surface area contributed by atoms with Crippen LogP contribution < -0.4 is 0 Å². The van der Waals surface area contributed by atoms with E-state index in [0.717, 1.165) is 55.2 Å². The lowest BCUT2D eigenvalue weighted by atomic mass is 10.2. The van der Waals surface area contributed by atoms with Gasteiger partial charge in [-0.25, -0.2) is 0 Å². The van der Waals surface area contributed by atoms with Crippen molar-refractivity contribution in [1.29, 1.82) is 0 Å². The highest BCUT2D eigenvalue weighted by molar-refractivity contribution is 7.22. The molecule has 6 heteroatoms. The SMILES string of the molecule is Cc1ccnc2cc(-c3ccc(CN4CCN(C=O)CC4)cn3)sc12. The summed E-state index contributed by atoms with van der Waals surface area (Å²) in [5.41, 5.74) is 4.50. The van der Waals surface area contributed by atoms with Crippen LogP contribution in [0.15, 0.2) is 36.7 Å². The van der Waals surface area contributed by atoms with Gasteiger partial charge in [0.05, 0.1) is 20.8 Å². The molecule has 0 bridgehead atoms. The highest BCUT2D eigenvalue weighted by Gasteiger charge is 2.15. The van der Waals surface area contributed by atoms with Crippen molar-refractivity contribution in [3.8, 4) is 10.6 Å². The average molecular weight is 352 g/mol. The molecule has 1 aliphatic heterocycles. The monoisotopic (exact) mass is 352 g/mol. The highest BCUT2D eigenvalue weighted by atomic mass is 32.1. The van der Waals surface area contributed by atoms with E-state index in [1.807, 2.05) is 23.4 Å². The van der Waals surface area contributed by atoms with Gasteiger partial charge in [-0.2, -0.15) is 0 Å². The highest BCUT2D eigenvalue weighted by Crippen LogP contribution is 2.33. The zero-order chi connectivity index (χ0) is 17.2. The Morgan fingerprint density at radius 3 is 2.68 bits per heavy atom. The lowest BCUT2D eigenvalue weighted by Gasteiger charge is -2.32. The predicted molar refractivity (Wildman–Crippen MR) is 101 cm³/mol. The third-order valence-corrected chi connectivity index (χ3v) is 5.93. The molecule has 0 atom stereocenters. The Labute approximate surface area is 150 Å². The molecule has 1 saturated heterocycles. The van der Waals surface area contributed by atoms with Crippen LogP contribution in [0.2, 0.25) is 0 Å². The number of rotatable bonds is 4. The van der Waals surface area contributed by atoms with Gasteiger partial charge in [0.25, 0.3) is 0 Å². The molecule has 0 radical (unpaired) electrons. The number of aromatic nitrogens is 2. The molecule has 0 aliphatic carbocycles. The number of nitrogens with zero attached hydrogens (tertiary/aromatic N) is 4. The summed E-state index contributed by atoms with van der Waals surface area (Å²) in [6.45, 7) is 6.45. The summed E-state index contributed by atoms with van der Waals surface area (Å²) < 4.78 is 1.23. The first-order valence-corrected chi connectivity index (χ1v) is 9.27. The van der Waals surface area contributed by atoms with Crippen LogP contribution in [0.25, 0.3) is 20.8 Å². The fourth-order valence-electron chi connectivity index (χ4n) is 3.14. The lowest BCUT2D eigenvalue weighted by Crippen LogP contribution is -2.45. The number of fused-ring (bicyclic) bond motifs is 1. The van der Waals surface area contributed by atoms with E-state index >= 15 is 0 Å². The molecule has 0 N–H and O–H groups in total. The van der Waals surface area contributed by atoms with Gasteiger partial charge in [0.15, 0.2) is 0 Å². The molecule has 1 amide bonds. The van der Waals surface area contributed by atoms with Crippen molar-refractivity contribution in [3.63, 3.8) is 0 Å². The molecule has 0 unspecified atom stereocenters. The number of carbonyl (C=O) groups is 1. The van der Waals surface area contributed by atoms with Crippen molar-refractivity contribution in [2.45, 2.75) is 13.5 Å². The van der Waals surface area contributed by atoms with Crippen molar-refractivity contribution in [2.75, 3.05) is 26.2 Å². The Kier molecular flexibility index (Phi) is 4.46. The van der Waals surface area contributed by atoms with Crippen LogP contribution >= 0.6 is 11.3 Å². The summed E-state index contributed by atoms with van der Waals surface area (Å²) in [5.74, 6) is 0. The van der Waals surface area contributed by atoms with E-state index in [9.17, 15) is 4.79 Å². The number of aryl methyl sites for hydroxylation is 1. The van der Waals surface area contributed by atoms with Gasteiger partial charge in [0.2, 0.25) is 6.41 Å². The van der Waals surface area contributed by atoms with Crippen molar-refractivity contribution in [1.82, 2.24) is 19.8 Å². The van der Waals surface area contributed by atoms with Crippen LogP contribution in [0.1, 0.15) is 11.1 Å². The number of carbonyl (C=O) groups excluding carboxylic acids is 1. The number of piperazine rings is 1. The van der Waals surface area contributed by atoms with E-state index in [1.165, 1.54) is 15.8 Å². The van der Waals surface area contributed by atoms with Gasteiger partial charge in [-0.3, -0.25) is 19.7 Å². The molecule has 0 aromatic carbocycles. The minimum Gasteiger partial charge on any atom is -0.343 e. The summed E-state index contributed by atoms with van der Waals surface area (Å²) in [5, 5.41) is 0. The minimum absolute atomic E-state index is 0.809. The van der Waals surface area contributed by atoms with Gasteiger partial charge in [0, 0.05) is 45.1 Å². The van der Waals surface area contributed by atoms with Crippen LogP contribution in [-0.4, -0.2) is 52.4 Å². The molecule has 3 aromatic rings. The molecule has 0 spiro atoms. The molecule has 5 nitrogen and oxygen atoms in total. The number of amides is 1. The molecular weight excluding hydrogens is 332 g/mol. The Morgan fingerprint density at radius 2 is 2.00 bits per heavy atom. The molecule has 25 heavy (non-hydrogen) atoms. The van der Waals surface area contributed by atoms with Gasteiger partial charge in [-0.1, -0.05) is 6.07 Å². The van der Waals surface area contributed by atoms with Gasteiger partial charge in [0.1, 0.15) is 0 Å². The Bertz CT molecular complexity index is 882. The molecule has 4 heterocycles. The number of hydrogen-bond acceptors (Lipinski definition) is 5. The van der Waals surface area contributed by atoms with Crippen LogP contribution in [0.5, 0.6) is 0 Å². The van der Waals surface area contributed by atoms with E-state index in [4.69, 9.17) is 0 Å². The lowest BCUT2D eigenvalue weighted by molar-refractivity contribution is -0.119. The standard InChI is InChI=1S/C19H20N4OS/c1-14-4-5-20-17-10-18(25-19(14)17)16-3-2-15(11-21-16)12-22-6-8-23(13-24)9-7-22/h2-5,10-11,13H,6-9,12H2,1H3. The van der Waals surface area contributed by atoms with Crippen molar-refractivity contribution < 1.29 is 4.79 Å². The first-order chi connectivity index (χ1) is 12.2. The van der Waals surface area contributed by atoms with Crippen molar-refractivity contribution >= 4 is 28.0 Å². The molecule has 4 rings (SSSR count). The summed E-state index contributed by atoms with van der Waals surface area (Å²) in [6.07, 6.45) is 4.76. The van der Waals surface area contributed by atoms with Crippen LogP contribution in [0, 0.1) is 6.92 Å². The third-order valence-electron chi connectivity index (χ3n) is 4.65. The summed E-state index contributed by atoms with van der Waals surface area (Å²) in [7, 11) is 0. The first-order valence-electron chi connectivity index (χ1n) is 8.45. The van der Waals surface area contributed by atoms with E-state index in [-0.39, 0.29) is 0 Å². The largest absolute Gasteiger partial charge is 0.343 e. The average Bonchev–Trinajstić information content (AvgIpc) is 3.09. The topological polar surface area (TPSA) is 49.3 Å². The zero-order valence-electron chi connectivity index (χ0n) is 14.2. The number of hydrogen-bond donors (Lipinski definition) is 0. The second-order valence-corrected chi connectivity index (χ2v) is 7.47. The van der Waals surface area contributed by atoms with Crippen molar-refractivity contribution in [3.05, 3.63) is 47.8 Å². The van der Waals surface area contributed by atoms with E-state index in [2.05, 4.69) is 40.0 Å². The van der Waals surface area contributed by atoms with Gasteiger partial charge in [-0.05, 0) is 36.2 Å². The third kappa shape index (κ3) is 3.41. The maximum absolute atomic E-state index is 10.8. The molecule has 3 aromatic heterocycles. The maximum atomic E-state index is 10.8. The normalized spacial score (nSPS) is 15.6. The van der Waals surface area contributed by atoms with Crippen LogP contribution in [0.4, 0.5) is 0 Å². The summed E-state index contributed by atoms with van der Waals surface area (Å²) in [4.78, 5) is 25.2. The second kappa shape index (κ2) is 6.90. The number of pyridine rings is 2. The first kappa shape index (κ1) is 16.2. The minimum atomic E-state index is 0.809. The van der Waals surface area contributed by atoms with Crippen LogP contribution in [-0.2, 0) is 11.3 Å². The second-order valence-electron chi connectivity index (χ2n) is 6.42. The molecule has 0 saturated carbocycles. The van der Waals surface area contributed by atoms with Gasteiger partial charge in [-0.15, -0.1) is 11.3 Å². The summed E-state index contributed by atoms with van der Waals surface area (Å²) in [6, 6.07) is 8.41. The Hall–Kier alpha value is -2.31. The maximum Gasteiger partial charge on any atom is 0.209 e. The van der Waals surface area contributed by atoms with Gasteiger partial charge >= 0.3 is 0 Å².